The molecule has 0 spiro atoms. The number of hydrogen-bond acceptors (Lipinski definition) is 2. The van der Waals surface area contributed by atoms with E-state index in [0.717, 1.165) is 12.8 Å². The van der Waals surface area contributed by atoms with Gasteiger partial charge in [-0.3, -0.25) is 4.79 Å². The molecule has 0 saturated carbocycles. The van der Waals surface area contributed by atoms with E-state index in [1.54, 1.807) is 0 Å². The number of carboxylic acid groups (broad SMARTS) is 1. The zero-order chi connectivity index (χ0) is 24.1. The van der Waals surface area contributed by atoms with Crippen LogP contribution in [0.2, 0.25) is 0 Å². The van der Waals surface area contributed by atoms with E-state index >= 15 is 0 Å². The highest BCUT2D eigenvalue weighted by atomic mass is 16.4. The van der Waals surface area contributed by atoms with Crippen molar-refractivity contribution in [3.05, 3.63) is 0 Å². The molecule has 0 radical (unpaired) electrons. The SMILES string of the molecule is CCCCCCCCCCCCCCCCCCCCC(C)(O)C[N+](C)(C)CCC(=O)O. The van der Waals surface area contributed by atoms with Gasteiger partial charge in [0.15, 0.2) is 0 Å². The van der Waals surface area contributed by atoms with Crippen LogP contribution < -0.4 is 0 Å². The summed E-state index contributed by atoms with van der Waals surface area (Å²) in [7, 11) is 4.01. The van der Waals surface area contributed by atoms with Crippen molar-refractivity contribution in [2.75, 3.05) is 27.2 Å². The van der Waals surface area contributed by atoms with Gasteiger partial charge < -0.3 is 14.7 Å². The maximum Gasteiger partial charge on any atom is 0.309 e. The lowest BCUT2D eigenvalue weighted by atomic mass is 9.96. The molecule has 0 aromatic carbocycles. The lowest BCUT2D eigenvalue weighted by molar-refractivity contribution is -0.896. The second kappa shape index (κ2) is 19.8. The van der Waals surface area contributed by atoms with E-state index in [1.165, 1.54) is 109 Å². The Hall–Kier alpha value is -0.610. The van der Waals surface area contributed by atoms with Crippen molar-refractivity contribution >= 4 is 5.97 Å². The molecule has 0 aliphatic rings. The smallest absolute Gasteiger partial charge is 0.309 e. The molecule has 0 bridgehead atoms. The average molecular weight is 457 g/mol. The molecule has 0 heterocycles. The van der Waals surface area contributed by atoms with Crippen molar-refractivity contribution in [2.24, 2.45) is 0 Å². The predicted octanol–water partition coefficient (Wildman–Crippen LogP) is 7.72. The van der Waals surface area contributed by atoms with Gasteiger partial charge in [-0.2, -0.15) is 0 Å². The van der Waals surface area contributed by atoms with Crippen molar-refractivity contribution in [3.8, 4) is 0 Å². The Morgan fingerprint density at radius 3 is 1.38 bits per heavy atom. The van der Waals surface area contributed by atoms with Crippen LogP contribution in [0.3, 0.4) is 0 Å². The first-order valence-corrected chi connectivity index (χ1v) is 13.9. The fourth-order valence-corrected chi connectivity index (χ4v) is 4.89. The van der Waals surface area contributed by atoms with Crippen LogP contribution >= 0.6 is 0 Å². The molecule has 32 heavy (non-hydrogen) atoms. The summed E-state index contributed by atoms with van der Waals surface area (Å²) in [6, 6.07) is 0. The van der Waals surface area contributed by atoms with Crippen molar-refractivity contribution in [2.45, 2.75) is 148 Å². The molecule has 0 aromatic heterocycles. The number of hydrogen-bond donors (Lipinski definition) is 2. The topological polar surface area (TPSA) is 57.5 Å². The first-order chi connectivity index (χ1) is 15.2. The highest BCUT2D eigenvalue weighted by Crippen LogP contribution is 2.20. The first-order valence-electron chi connectivity index (χ1n) is 13.9. The second-order valence-electron chi connectivity index (χ2n) is 11.2. The van der Waals surface area contributed by atoms with Crippen LogP contribution in [0.15, 0.2) is 0 Å². The van der Waals surface area contributed by atoms with Gasteiger partial charge in [-0.1, -0.05) is 122 Å². The van der Waals surface area contributed by atoms with Gasteiger partial charge in [0, 0.05) is 0 Å². The summed E-state index contributed by atoms with van der Waals surface area (Å²) in [5.74, 6) is -0.764. The van der Waals surface area contributed by atoms with E-state index in [0.29, 0.717) is 17.6 Å². The van der Waals surface area contributed by atoms with Gasteiger partial charge in [0.2, 0.25) is 0 Å². The summed E-state index contributed by atoms with van der Waals surface area (Å²) in [5, 5.41) is 19.6. The third kappa shape index (κ3) is 22.6. The molecule has 0 amide bonds. The Kier molecular flexibility index (Phi) is 19.4. The number of carbonyl (C=O) groups is 1. The van der Waals surface area contributed by atoms with Crippen LogP contribution in [0.25, 0.3) is 0 Å². The molecule has 4 heteroatoms. The molecule has 192 valence electrons. The molecule has 0 aliphatic carbocycles. The molecular formula is C28H58NO3+. The van der Waals surface area contributed by atoms with Gasteiger partial charge in [0.25, 0.3) is 0 Å². The summed E-state index contributed by atoms with van der Waals surface area (Å²) < 4.78 is 0.554. The van der Waals surface area contributed by atoms with Gasteiger partial charge in [-0.05, 0) is 13.3 Å². The number of aliphatic hydroxyl groups is 1. The Bertz CT molecular complexity index is 434. The third-order valence-corrected chi connectivity index (χ3v) is 6.77. The van der Waals surface area contributed by atoms with Crippen LogP contribution in [-0.4, -0.2) is 53.5 Å². The molecule has 0 saturated heterocycles. The van der Waals surface area contributed by atoms with E-state index in [4.69, 9.17) is 5.11 Å². The molecule has 0 aromatic rings. The summed E-state index contributed by atoms with van der Waals surface area (Å²) in [5.41, 5.74) is -0.711. The van der Waals surface area contributed by atoms with Gasteiger partial charge >= 0.3 is 5.97 Å². The zero-order valence-electron chi connectivity index (χ0n) is 22.3. The minimum atomic E-state index is -0.764. The van der Waals surface area contributed by atoms with Crippen molar-refractivity contribution < 1.29 is 19.5 Å². The average Bonchev–Trinajstić information content (AvgIpc) is 2.70. The van der Waals surface area contributed by atoms with Gasteiger partial charge in [-0.25, -0.2) is 0 Å². The van der Waals surface area contributed by atoms with Crippen LogP contribution in [0, 0.1) is 0 Å². The number of carboxylic acids is 1. The lowest BCUT2D eigenvalue weighted by Gasteiger charge is -2.36. The fraction of sp³-hybridized carbons (Fsp3) is 0.964. The molecule has 0 rings (SSSR count). The summed E-state index contributed by atoms with van der Waals surface area (Å²) >= 11 is 0. The third-order valence-electron chi connectivity index (χ3n) is 6.77. The largest absolute Gasteiger partial charge is 0.481 e. The van der Waals surface area contributed by atoms with E-state index in [9.17, 15) is 9.90 Å². The van der Waals surface area contributed by atoms with Gasteiger partial charge in [0.05, 0.1) is 27.1 Å². The van der Waals surface area contributed by atoms with Gasteiger partial charge in [-0.15, -0.1) is 0 Å². The number of likely N-dealkylation sites (N-methyl/N-ethyl adjacent to an activating group) is 1. The quantitative estimate of drug-likeness (QED) is 0.115. The lowest BCUT2D eigenvalue weighted by Crippen LogP contribution is -2.51. The normalized spacial score (nSPS) is 13.9. The monoisotopic (exact) mass is 456 g/mol. The minimum Gasteiger partial charge on any atom is -0.481 e. The molecular weight excluding hydrogens is 398 g/mol. The minimum absolute atomic E-state index is 0.155. The van der Waals surface area contributed by atoms with Crippen LogP contribution in [0.1, 0.15) is 142 Å². The Labute approximate surface area is 200 Å². The molecule has 1 atom stereocenters. The number of nitrogens with zero attached hydrogens (tertiary/aromatic N) is 1. The van der Waals surface area contributed by atoms with Crippen LogP contribution in [-0.2, 0) is 4.79 Å². The molecule has 0 fully saturated rings. The van der Waals surface area contributed by atoms with E-state index in [2.05, 4.69) is 6.92 Å². The van der Waals surface area contributed by atoms with Gasteiger partial charge in [0.1, 0.15) is 12.1 Å². The van der Waals surface area contributed by atoms with Crippen molar-refractivity contribution in [1.82, 2.24) is 0 Å². The maximum atomic E-state index is 10.8. The molecule has 0 aliphatic heterocycles. The fourth-order valence-electron chi connectivity index (χ4n) is 4.89. The second-order valence-corrected chi connectivity index (χ2v) is 11.2. The zero-order valence-corrected chi connectivity index (χ0v) is 22.3. The Morgan fingerprint density at radius 2 is 1.03 bits per heavy atom. The van der Waals surface area contributed by atoms with Crippen LogP contribution in [0.5, 0.6) is 0 Å². The number of aliphatic carboxylic acids is 1. The van der Waals surface area contributed by atoms with E-state index in [1.807, 2.05) is 21.0 Å². The van der Waals surface area contributed by atoms with E-state index in [-0.39, 0.29) is 6.42 Å². The summed E-state index contributed by atoms with van der Waals surface area (Å²) in [6.07, 6.45) is 25.6. The maximum absolute atomic E-state index is 10.8. The first kappa shape index (κ1) is 31.4. The summed E-state index contributed by atoms with van der Waals surface area (Å²) in [4.78, 5) is 10.8. The predicted molar refractivity (Wildman–Crippen MR) is 138 cm³/mol. The van der Waals surface area contributed by atoms with Crippen LogP contribution in [0.4, 0.5) is 0 Å². The Morgan fingerprint density at radius 1 is 0.688 bits per heavy atom. The highest BCUT2D eigenvalue weighted by Gasteiger charge is 2.30. The highest BCUT2D eigenvalue weighted by molar-refractivity contribution is 5.66. The number of quaternary nitrogens is 1. The summed E-state index contributed by atoms with van der Waals surface area (Å²) in [6.45, 7) is 5.36. The number of rotatable bonds is 24. The molecule has 1 unspecified atom stereocenters. The van der Waals surface area contributed by atoms with Crippen molar-refractivity contribution in [3.63, 3.8) is 0 Å². The van der Waals surface area contributed by atoms with E-state index < -0.39 is 11.6 Å². The van der Waals surface area contributed by atoms with Crippen molar-refractivity contribution in [1.29, 1.82) is 0 Å². The Balaban J connectivity index is 3.43. The molecule has 2 N–H and O–H groups in total. The molecule has 4 nitrogen and oxygen atoms in total. The standard InChI is InChI=1S/C28H57NO3/c1-5-6-7-8-9-10-11-12-13-14-15-16-17-18-19-20-21-22-24-28(2,32)26-29(3,4)25-23-27(30)31/h32H,5-26H2,1-4H3/p+1. The number of unbranched alkanes of at least 4 members (excludes halogenated alkanes) is 17.